The molecule has 0 aromatic heterocycles. The number of ether oxygens (including phenoxy) is 6. The molecule has 1 aromatic rings. The molecule has 0 heterocycles. The Labute approximate surface area is 573 Å². The molecule has 0 saturated carbocycles. The van der Waals surface area contributed by atoms with E-state index in [4.69, 9.17) is 28.4 Å². The number of hydrogen-bond acceptors (Lipinski definition) is 8. The maximum Gasteiger partial charge on any atom is 0.339 e. The normalized spacial score (nSPS) is 11.7. The second-order valence-electron chi connectivity index (χ2n) is 28.3. The van der Waals surface area contributed by atoms with Crippen molar-refractivity contribution in [1.29, 1.82) is 0 Å². The van der Waals surface area contributed by atoms with Crippen molar-refractivity contribution in [1.82, 2.24) is 0 Å². The summed E-state index contributed by atoms with van der Waals surface area (Å²) in [5.41, 5.74) is 0.346. The summed E-state index contributed by atoms with van der Waals surface area (Å²) in [6.07, 6.45) is 83.3. The van der Waals surface area contributed by atoms with Crippen LogP contribution >= 0.6 is 0 Å². The van der Waals surface area contributed by atoms with Gasteiger partial charge in [-0.05, 0) is 37.8 Å². The van der Waals surface area contributed by atoms with E-state index in [0.717, 1.165) is 51.4 Å². The topological polar surface area (TPSA) is 89.5 Å². The lowest BCUT2D eigenvalue weighted by Crippen LogP contribution is -2.28. The Morgan fingerprint density at radius 2 is 0.370 bits per heavy atom. The molecule has 1 aromatic carbocycles. The average Bonchev–Trinajstić information content (AvgIpc) is 1.67. The monoisotopic (exact) mass is 1300 g/mol. The molecule has 0 atom stereocenters. The van der Waals surface area contributed by atoms with Crippen molar-refractivity contribution in [3.8, 4) is 0 Å². The van der Waals surface area contributed by atoms with Crippen LogP contribution in [0, 0.1) is 0 Å². The zero-order valence-electron chi connectivity index (χ0n) is 62.2. The van der Waals surface area contributed by atoms with E-state index in [2.05, 4.69) is 27.7 Å². The second kappa shape index (κ2) is 74.8. The van der Waals surface area contributed by atoms with Gasteiger partial charge in [0.1, 0.15) is 13.2 Å². The number of unbranched alkanes of at least 4 members (excludes halogenated alkanes) is 60. The highest BCUT2D eigenvalue weighted by Crippen LogP contribution is 2.21. The van der Waals surface area contributed by atoms with E-state index >= 15 is 0 Å². The molecule has 8 heteroatoms. The fourth-order valence-corrected chi connectivity index (χ4v) is 13.0. The van der Waals surface area contributed by atoms with Gasteiger partial charge >= 0.3 is 11.9 Å². The van der Waals surface area contributed by atoms with Crippen LogP contribution in [0.15, 0.2) is 24.3 Å². The molecule has 0 aliphatic heterocycles. The quantitative estimate of drug-likeness (QED) is 0.0362. The van der Waals surface area contributed by atoms with E-state index in [1.54, 1.807) is 24.3 Å². The summed E-state index contributed by atoms with van der Waals surface area (Å²) in [6.45, 7) is 11.3. The molecular formula is C84H158O8. The van der Waals surface area contributed by atoms with E-state index in [0.29, 0.717) is 26.4 Å². The zero-order valence-corrected chi connectivity index (χ0v) is 62.2. The Hall–Kier alpha value is -2.00. The van der Waals surface area contributed by atoms with Gasteiger partial charge in [0.15, 0.2) is 12.6 Å². The highest BCUT2D eigenvalue weighted by molar-refractivity contribution is 6.03. The lowest BCUT2D eigenvalue weighted by molar-refractivity contribution is -0.165. The van der Waals surface area contributed by atoms with Gasteiger partial charge in [0.2, 0.25) is 0 Å². The van der Waals surface area contributed by atoms with Gasteiger partial charge in [-0.1, -0.05) is 425 Å². The second-order valence-corrected chi connectivity index (χ2v) is 28.3. The van der Waals surface area contributed by atoms with Crippen LogP contribution in [0.1, 0.15) is 459 Å². The summed E-state index contributed by atoms with van der Waals surface area (Å²) in [5.74, 6) is -1.17. The molecule has 0 N–H and O–H groups in total. The van der Waals surface area contributed by atoms with Gasteiger partial charge in [-0.2, -0.15) is 0 Å². The van der Waals surface area contributed by atoms with Crippen LogP contribution in [0.3, 0.4) is 0 Å². The van der Waals surface area contributed by atoms with Crippen molar-refractivity contribution in [2.45, 2.75) is 451 Å². The standard InChI is InChI=1S/C84H158O8/c1-5-9-13-17-21-25-29-33-37-41-45-49-53-57-61-67-73-87-81(88-74-68-62-58-54-50-46-42-38-34-30-26-22-18-14-10-6-2)77-91-83(85)79-71-65-66-72-80(79)84(86)92-78-82(89-75-69-63-59-55-51-47-43-39-35-31-27-23-19-15-11-7-3)90-76-70-64-60-56-52-48-44-40-36-32-28-24-20-16-12-8-4/h65-66,71-72,81-82H,5-64,67-70,73-78H2,1-4H3. The molecule has 0 unspecified atom stereocenters. The molecule has 0 saturated heterocycles. The largest absolute Gasteiger partial charge is 0.457 e. The van der Waals surface area contributed by atoms with E-state index in [1.165, 1.54) is 360 Å². The third kappa shape index (κ3) is 62.8. The van der Waals surface area contributed by atoms with Crippen LogP contribution in [0.5, 0.6) is 0 Å². The molecule has 0 aliphatic rings. The molecule has 1 rings (SSSR count). The molecule has 542 valence electrons. The molecular weight excluding hydrogens is 1140 g/mol. The van der Waals surface area contributed by atoms with Gasteiger partial charge in [0.25, 0.3) is 0 Å². The van der Waals surface area contributed by atoms with E-state index in [-0.39, 0.29) is 24.3 Å². The first-order chi connectivity index (χ1) is 45.6. The highest BCUT2D eigenvalue weighted by Gasteiger charge is 2.23. The molecule has 0 radical (unpaired) electrons. The Bertz CT molecular complexity index is 1410. The molecule has 0 fully saturated rings. The molecule has 0 aliphatic carbocycles. The summed E-state index contributed by atoms with van der Waals surface area (Å²) in [7, 11) is 0. The average molecular weight is 1300 g/mol. The van der Waals surface area contributed by atoms with Gasteiger partial charge in [-0.3, -0.25) is 0 Å². The molecule has 0 amide bonds. The lowest BCUT2D eigenvalue weighted by Gasteiger charge is -2.20. The summed E-state index contributed by atoms with van der Waals surface area (Å²) in [5, 5.41) is 0. The summed E-state index contributed by atoms with van der Waals surface area (Å²) in [6, 6.07) is 6.80. The van der Waals surface area contributed by atoms with Gasteiger partial charge in [0, 0.05) is 26.4 Å². The SMILES string of the molecule is CCCCCCCCCCCCCCCCCCOC(COC(=O)c1ccccc1C(=O)OCC(OCCCCCCCCCCCCCCCCCC)OCCCCCCCCCCCCCCCCCC)OCCCCCCCCCCCCCCCCCC. The minimum atomic E-state index is -0.662. The predicted molar refractivity (Wildman–Crippen MR) is 397 cm³/mol. The first kappa shape index (κ1) is 88.0. The van der Waals surface area contributed by atoms with Crippen LogP contribution in [0.25, 0.3) is 0 Å². The molecule has 92 heavy (non-hydrogen) atoms. The van der Waals surface area contributed by atoms with Crippen molar-refractivity contribution in [2.75, 3.05) is 39.6 Å². The van der Waals surface area contributed by atoms with Crippen molar-refractivity contribution >= 4 is 11.9 Å². The highest BCUT2D eigenvalue weighted by atomic mass is 16.7. The van der Waals surface area contributed by atoms with Crippen LogP contribution in [0.2, 0.25) is 0 Å². The van der Waals surface area contributed by atoms with Crippen molar-refractivity contribution in [2.24, 2.45) is 0 Å². The van der Waals surface area contributed by atoms with Gasteiger partial charge < -0.3 is 28.4 Å². The van der Waals surface area contributed by atoms with Crippen molar-refractivity contribution in [3.63, 3.8) is 0 Å². The Morgan fingerprint density at radius 1 is 0.228 bits per heavy atom. The Kier molecular flexibility index (Phi) is 71.5. The number of rotatable bonds is 78. The first-order valence-corrected chi connectivity index (χ1v) is 41.5. The minimum Gasteiger partial charge on any atom is -0.457 e. The number of esters is 2. The van der Waals surface area contributed by atoms with Gasteiger partial charge in [-0.25, -0.2) is 9.59 Å². The number of benzene rings is 1. The Balaban J connectivity index is 2.69. The number of hydrogen-bond donors (Lipinski definition) is 0. The fourth-order valence-electron chi connectivity index (χ4n) is 13.0. The maximum absolute atomic E-state index is 13.9. The van der Waals surface area contributed by atoms with E-state index in [1.807, 2.05) is 0 Å². The third-order valence-electron chi connectivity index (χ3n) is 19.3. The third-order valence-corrected chi connectivity index (χ3v) is 19.3. The van der Waals surface area contributed by atoms with Crippen molar-refractivity contribution < 1.29 is 38.0 Å². The van der Waals surface area contributed by atoms with E-state index in [9.17, 15) is 9.59 Å². The zero-order chi connectivity index (χ0) is 66.0. The maximum atomic E-state index is 13.9. The minimum absolute atomic E-state index is 0.0393. The first-order valence-electron chi connectivity index (χ1n) is 41.5. The summed E-state index contributed by atoms with van der Waals surface area (Å²) >= 11 is 0. The summed E-state index contributed by atoms with van der Waals surface area (Å²) in [4.78, 5) is 27.7. The molecule has 0 bridgehead atoms. The van der Waals surface area contributed by atoms with Gasteiger partial charge in [0.05, 0.1) is 11.1 Å². The fraction of sp³-hybridized carbons (Fsp3) is 0.905. The van der Waals surface area contributed by atoms with E-state index < -0.39 is 24.5 Å². The summed E-state index contributed by atoms with van der Waals surface area (Å²) < 4.78 is 37.0. The van der Waals surface area contributed by atoms with Crippen LogP contribution in [-0.4, -0.2) is 64.2 Å². The smallest absolute Gasteiger partial charge is 0.339 e. The number of carbonyl (C=O) groups is 2. The van der Waals surface area contributed by atoms with Crippen LogP contribution < -0.4 is 0 Å². The van der Waals surface area contributed by atoms with Crippen molar-refractivity contribution in [3.05, 3.63) is 35.4 Å². The number of carbonyl (C=O) groups excluding carboxylic acids is 2. The Morgan fingerprint density at radius 3 is 0.522 bits per heavy atom. The van der Waals surface area contributed by atoms with Crippen LogP contribution in [-0.2, 0) is 28.4 Å². The molecule has 0 spiro atoms. The predicted octanol–water partition coefficient (Wildman–Crippen LogP) is 27.8. The molecule has 8 nitrogen and oxygen atoms in total. The van der Waals surface area contributed by atoms with Gasteiger partial charge in [-0.15, -0.1) is 0 Å². The van der Waals surface area contributed by atoms with Crippen LogP contribution in [0.4, 0.5) is 0 Å². The lowest BCUT2D eigenvalue weighted by atomic mass is 10.0.